The van der Waals surface area contributed by atoms with E-state index < -0.39 is 0 Å². The van der Waals surface area contributed by atoms with Crippen molar-refractivity contribution in [3.8, 4) is 0 Å². The third kappa shape index (κ3) is 14.9. The first kappa shape index (κ1) is 26.0. The Hall–Kier alpha value is -0.0800. The lowest BCUT2D eigenvalue weighted by atomic mass is 10.0. The van der Waals surface area contributed by atoms with Gasteiger partial charge in [-0.2, -0.15) is 0 Å². The van der Waals surface area contributed by atoms with Crippen molar-refractivity contribution in [2.24, 2.45) is 11.8 Å². The summed E-state index contributed by atoms with van der Waals surface area (Å²) in [5.41, 5.74) is 0. The molecule has 0 N–H and O–H groups in total. The fourth-order valence-electron chi connectivity index (χ4n) is 4.24. The molecule has 3 atom stereocenters. The third-order valence-electron chi connectivity index (χ3n) is 6.47. The van der Waals surface area contributed by atoms with Gasteiger partial charge in [0.15, 0.2) is 0 Å². The van der Waals surface area contributed by atoms with Crippen LogP contribution in [0.2, 0.25) is 0 Å². The van der Waals surface area contributed by atoms with Crippen LogP contribution in [-0.2, 0) is 9.47 Å². The summed E-state index contributed by atoms with van der Waals surface area (Å²) in [6.45, 7) is 9.29. The van der Waals surface area contributed by atoms with Crippen LogP contribution in [0, 0.1) is 11.8 Å². The van der Waals surface area contributed by atoms with Crippen molar-refractivity contribution >= 4 is 0 Å². The number of hydrogen-bond donors (Lipinski definition) is 0. The fourth-order valence-corrected chi connectivity index (χ4v) is 4.24. The molecule has 2 heteroatoms. The van der Waals surface area contributed by atoms with Crippen LogP contribution in [0.3, 0.4) is 0 Å². The molecule has 0 aromatic rings. The van der Waals surface area contributed by atoms with Crippen LogP contribution in [0.4, 0.5) is 0 Å². The van der Waals surface area contributed by atoms with Gasteiger partial charge in [-0.25, -0.2) is 0 Å². The molecule has 1 aliphatic rings. The molecule has 28 heavy (non-hydrogen) atoms. The van der Waals surface area contributed by atoms with Crippen molar-refractivity contribution < 1.29 is 9.47 Å². The van der Waals surface area contributed by atoms with E-state index in [4.69, 9.17) is 9.47 Å². The predicted molar refractivity (Wildman–Crippen MR) is 123 cm³/mol. The average molecular weight is 397 g/mol. The molecule has 1 fully saturated rings. The van der Waals surface area contributed by atoms with Crippen LogP contribution in [0.25, 0.3) is 0 Å². The van der Waals surface area contributed by atoms with Crippen LogP contribution in [-0.4, -0.2) is 25.9 Å². The Bertz CT molecular complexity index is 318. The molecule has 1 rings (SSSR count). The van der Waals surface area contributed by atoms with Gasteiger partial charge in [0.25, 0.3) is 0 Å². The van der Waals surface area contributed by atoms with Gasteiger partial charge in [0.1, 0.15) is 0 Å². The Kier molecular flexibility index (Phi) is 17.5. The summed E-state index contributed by atoms with van der Waals surface area (Å²) in [6.07, 6.45) is 23.8. The average Bonchev–Trinajstić information content (AvgIpc) is 3.46. The first-order chi connectivity index (χ1) is 13.8. The molecule has 0 aromatic carbocycles. The van der Waals surface area contributed by atoms with E-state index in [0.717, 1.165) is 44.5 Å². The molecule has 1 saturated carbocycles. The fraction of sp³-hybridized carbons (Fsp3) is 1.00. The Morgan fingerprint density at radius 1 is 0.643 bits per heavy atom. The molecule has 0 saturated heterocycles. The van der Waals surface area contributed by atoms with Gasteiger partial charge in [-0.15, -0.1) is 0 Å². The summed E-state index contributed by atoms with van der Waals surface area (Å²) in [5.74, 6) is 2.18. The van der Waals surface area contributed by atoms with Crippen molar-refractivity contribution in [3.05, 3.63) is 0 Å². The van der Waals surface area contributed by atoms with Crippen molar-refractivity contribution in [1.82, 2.24) is 0 Å². The molecule has 3 unspecified atom stereocenters. The number of ether oxygens (including phenoxy) is 2. The highest BCUT2D eigenvalue weighted by Crippen LogP contribution is 2.45. The summed E-state index contributed by atoms with van der Waals surface area (Å²) < 4.78 is 11.7. The highest BCUT2D eigenvalue weighted by molar-refractivity contribution is 4.85. The van der Waals surface area contributed by atoms with E-state index in [2.05, 4.69) is 20.8 Å². The second-order valence-corrected chi connectivity index (χ2v) is 9.20. The van der Waals surface area contributed by atoms with E-state index in [1.807, 2.05) is 0 Å². The lowest BCUT2D eigenvalue weighted by Crippen LogP contribution is -2.20. The maximum atomic E-state index is 5.85. The molecule has 0 aromatic heterocycles. The molecule has 168 valence electrons. The Balaban J connectivity index is 1.79. The van der Waals surface area contributed by atoms with Gasteiger partial charge in [-0.3, -0.25) is 0 Å². The van der Waals surface area contributed by atoms with Gasteiger partial charge in [-0.05, 0) is 37.5 Å². The lowest BCUT2D eigenvalue weighted by Gasteiger charge is -2.16. The van der Waals surface area contributed by atoms with Gasteiger partial charge in [0.2, 0.25) is 0 Å². The first-order valence-electron chi connectivity index (χ1n) is 13.0. The minimum atomic E-state index is 0.301. The molecule has 0 bridgehead atoms. The van der Waals surface area contributed by atoms with Crippen LogP contribution in [0.1, 0.15) is 130 Å². The quantitative estimate of drug-likeness (QED) is 0.171. The second kappa shape index (κ2) is 18.9. The zero-order valence-corrected chi connectivity index (χ0v) is 19.7. The number of rotatable bonds is 22. The first-order valence-corrected chi connectivity index (χ1v) is 13.0. The molecule has 0 aliphatic heterocycles. The molecular formula is C26H52O2. The monoisotopic (exact) mass is 396 g/mol. The normalized spacial score (nSPS) is 19.8. The number of unbranched alkanes of at least 4 members (excludes halogenated alkanes) is 10. The summed E-state index contributed by atoms with van der Waals surface area (Å²) in [6, 6.07) is 0. The Labute approximate surface area is 177 Å². The van der Waals surface area contributed by atoms with E-state index in [0.29, 0.717) is 6.10 Å². The molecule has 0 radical (unpaired) electrons. The summed E-state index contributed by atoms with van der Waals surface area (Å²) in [4.78, 5) is 0. The zero-order chi connectivity index (χ0) is 20.3. The summed E-state index contributed by atoms with van der Waals surface area (Å²) in [5, 5.41) is 0. The van der Waals surface area contributed by atoms with E-state index in [1.165, 1.54) is 96.3 Å². The maximum Gasteiger partial charge on any atom is 0.0805 e. The van der Waals surface area contributed by atoms with Crippen LogP contribution in [0.5, 0.6) is 0 Å². The molecule has 1 aliphatic carbocycles. The van der Waals surface area contributed by atoms with Crippen molar-refractivity contribution in [2.75, 3.05) is 19.8 Å². The van der Waals surface area contributed by atoms with Gasteiger partial charge in [0.05, 0.1) is 12.7 Å². The molecule has 0 amide bonds. The topological polar surface area (TPSA) is 18.5 Å². The van der Waals surface area contributed by atoms with E-state index in [9.17, 15) is 0 Å². The summed E-state index contributed by atoms with van der Waals surface area (Å²) >= 11 is 0. The van der Waals surface area contributed by atoms with Gasteiger partial charge >= 0.3 is 0 Å². The lowest BCUT2D eigenvalue weighted by molar-refractivity contribution is -0.0197. The maximum absolute atomic E-state index is 5.85. The predicted octanol–water partition coefficient (Wildman–Crippen LogP) is 8.33. The van der Waals surface area contributed by atoms with E-state index in [1.54, 1.807) is 0 Å². The minimum absolute atomic E-state index is 0.301. The Morgan fingerprint density at radius 3 is 1.82 bits per heavy atom. The highest BCUT2D eigenvalue weighted by atomic mass is 16.5. The third-order valence-corrected chi connectivity index (χ3v) is 6.47. The summed E-state index contributed by atoms with van der Waals surface area (Å²) in [7, 11) is 0. The molecule has 2 nitrogen and oxygen atoms in total. The molecule has 0 spiro atoms. The second-order valence-electron chi connectivity index (χ2n) is 9.20. The number of hydrogen-bond acceptors (Lipinski definition) is 2. The molecule has 0 heterocycles. The zero-order valence-electron chi connectivity index (χ0n) is 19.7. The van der Waals surface area contributed by atoms with Crippen molar-refractivity contribution in [2.45, 2.75) is 136 Å². The molecular weight excluding hydrogens is 344 g/mol. The van der Waals surface area contributed by atoms with Crippen LogP contribution >= 0.6 is 0 Å². The van der Waals surface area contributed by atoms with E-state index >= 15 is 0 Å². The minimum Gasteiger partial charge on any atom is -0.379 e. The van der Waals surface area contributed by atoms with Gasteiger partial charge in [-0.1, -0.05) is 104 Å². The van der Waals surface area contributed by atoms with Crippen molar-refractivity contribution in [1.29, 1.82) is 0 Å². The largest absolute Gasteiger partial charge is 0.379 e. The highest BCUT2D eigenvalue weighted by Gasteiger charge is 2.34. The van der Waals surface area contributed by atoms with Gasteiger partial charge < -0.3 is 9.47 Å². The van der Waals surface area contributed by atoms with Crippen LogP contribution < -0.4 is 0 Å². The Morgan fingerprint density at radius 2 is 1.21 bits per heavy atom. The van der Waals surface area contributed by atoms with E-state index in [-0.39, 0.29) is 0 Å². The standard InChI is InChI=1S/C26H52O2/c1-4-7-9-10-11-12-15-18-24-22-25(24)19-16-13-14-17-20-27-23-26(6-3)28-21-8-5-2/h24-26H,4-23H2,1-3H3. The van der Waals surface area contributed by atoms with Crippen LogP contribution in [0.15, 0.2) is 0 Å². The van der Waals surface area contributed by atoms with Gasteiger partial charge in [0, 0.05) is 13.2 Å². The SMILES string of the molecule is CCCCCCCCCC1CC1CCCCCCOCC(CC)OCCCC. The smallest absolute Gasteiger partial charge is 0.0805 e. The van der Waals surface area contributed by atoms with Crippen molar-refractivity contribution in [3.63, 3.8) is 0 Å².